The predicted octanol–water partition coefficient (Wildman–Crippen LogP) is 5.50. The van der Waals surface area contributed by atoms with Crippen molar-refractivity contribution in [1.82, 2.24) is 5.32 Å². The van der Waals surface area contributed by atoms with Gasteiger partial charge in [-0.3, -0.25) is 4.79 Å². The molecular weight excluding hydrogens is 446 g/mol. The number of hydrogen-bond acceptors (Lipinski definition) is 3. The lowest BCUT2D eigenvalue weighted by Crippen LogP contribution is -2.32. The van der Waals surface area contributed by atoms with Gasteiger partial charge in [-0.15, -0.1) is 0 Å². The van der Waals surface area contributed by atoms with Gasteiger partial charge in [-0.25, -0.2) is 4.79 Å². The molecule has 0 spiro atoms. The molecule has 3 aromatic carbocycles. The molecule has 4 rings (SSSR count). The van der Waals surface area contributed by atoms with Crippen LogP contribution in [0.2, 0.25) is 0 Å². The summed E-state index contributed by atoms with van der Waals surface area (Å²) in [7, 11) is 0. The van der Waals surface area contributed by atoms with Crippen LogP contribution in [-0.2, 0) is 9.53 Å². The molecule has 6 heteroatoms. The van der Waals surface area contributed by atoms with E-state index in [-0.39, 0.29) is 18.9 Å². The van der Waals surface area contributed by atoms with Gasteiger partial charge in [-0.2, -0.15) is 0 Å². The Balaban J connectivity index is 1.49. The van der Waals surface area contributed by atoms with Crippen molar-refractivity contribution in [2.24, 2.45) is 0 Å². The first-order valence-electron chi connectivity index (χ1n) is 9.62. The third-order valence-electron chi connectivity index (χ3n) is 5.30. The van der Waals surface area contributed by atoms with Crippen molar-refractivity contribution in [3.8, 4) is 11.1 Å². The molecule has 1 atom stereocenters. The van der Waals surface area contributed by atoms with E-state index in [1.54, 1.807) is 12.1 Å². The van der Waals surface area contributed by atoms with E-state index in [1.807, 2.05) is 36.4 Å². The van der Waals surface area contributed by atoms with Crippen molar-refractivity contribution in [1.29, 1.82) is 0 Å². The molecule has 5 nitrogen and oxygen atoms in total. The summed E-state index contributed by atoms with van der Waals surface area (Å²) in [5.74, 6) is -1.06. The summed E-state index contributed by atoms with van der Waals surface area (Å²) in [4.78, 5) is 23.9. The van der Waals surface area contributed by atoms with Crippen LogP contribution in [0.3, 0.4) is 0 Å². The van der Waals surface area contributed by atoms with Crippen LogP contribution in [-0.4, -0.2) is 23.8 Å². The number of carboxylic acid groups (broad SMARTS) is 1. The molecule has 0 fully saturated rings. The van der Waals surface area contributed by atoms with Crippen molar-refractivity contribution in [3.05, 3.63) is 94.0 Å². The number of benzene rings is 3. The zero-order valence-corrected chi connectivity index (χ0v) is 17.6. The smallest absolute Gasteiger partial charge is 0.407 e. The molecule has 0 saturated carbocycles. The lowest BCUT2D eigenvalue weighted by molar-refractivity contribution is -0.137. The van der Waals surface area contributed by atoms with Gasteiger partial charge in [0.25, 0.3) is 0 Å². The Hall–Kier alpha value is -3.12. The SMILES string of the molecule is O=C(O)C[C@H](NC(=O)OCC1c2ccccc2-c2ccccc21)c1ccccc1Br. The van der Waals surface area contributed by atoms with Crippen LogP contribution in [0.15, 0.2) is 77.3 Å². The van der Waals surface area contributed by atoms with Gasteiger partial charge in [0.1, 0.15) is 6.61 Å². The zero-order chi connectivity index (χ0) is 21.1. The van der Waals surface area contributed by atoms with Crippen LogP contribution < -0.4 is 5.32 Å². The molecule has 2 N–H and O–H groups in total. The number of carboxylic acids is 1. The fourth-order valence-corrected chi connectivity index (χ4v) is 4.51. The van der Waals surface area contributed by atoms with Gasteiger partial charge in [0.15, 0.2) is 0 Å². The van der Waals surface area contributed by atoms with E-state index in [2.05, 4.69) is 45.5 Å². The van der Waals surface area contributed by atoms with E-state index >= 15 is 0 Å². The second kappa shape index (κ2) is 8.71. The van der Waals surface area contributed by atoms with Crippen molar-refractivity contribution in [2.75, 3.05) is 6.61 Å². The molecule has 1 aliphatic carbocycles. The van der Waals surface area contributed by atoms with Crippen molar-refractivity contribution in [2.45, 2.75) is 18.4 Å². The number of hydrogen-bond donors (Lipinski definition) is 2. The van der Waals surface area contributed by atoms with E-state index in [0.717, 1.165) is 26.7 Å². The fourth-order valence-electron chi connectivity index (χ4n) is 3.95. The average Bonchev–Trinajstić information content (AvgIpc) is 3.06. The molecular formula is C24H20BrNO4. The van der Waals surface area contributed by atoms with E-state index in [0.29, 0.717) is 5.56 Å². The third-order valence-corrected chi connectivity index (χ3v) is 6.02. The molecule has 0 unspecified atom stereocenters. The number of aliphatic carboxylic acids is 1. The second-order valence-corrected chi connectivity index (χ2v) is 8.00. The maximum Gasteiger partial charge on any atom is 0.407 e. The van der Waals surface area contributed by atoms with Gasteiger partial charge >= 0.3 is 12.1 Å². The average molecular weight is 466 g/mol. The molecule has 1 amide bonds. The summed E-state index contributed by atoms with van der Waals surface area (Å²) in [6.45, 7) is 0.176. The lowest BCUT2D eigenvalue weighted by Gasteiger charge is -2.20. The van der Waals surface area contributed by atoms with E-state index in [4.69, 9.17) is 4.74 Å². The van der Waals surface area contributed by atoms with E-state index < -0.39 is 18.1 Å². The van der Waals surface area contributed by atoms with E-state index in [1.165, 1.54) is 0 Å². The number of fused-ring (bicyclic) bond motifs is 3. The van der Waals surface area contributed by atoms with Crippen LogP contribution in [0.5, 0.6) is 0 Å². The normalized spacial score (nSPS) is 13.2. The molecule has 1 aliphatic rings. The third kappa shape index (κ3) is 4.09. The van der Waals surface area contributed by atoms with Crippen molar-refractivity contribution in [3.63, 3.8) is 0 Å². The number of halogens is 1. The summed E-state index contributed by atoms with van der Waals surface area (Å²) in [6.07, 6.45) is -0.883. The minimum absolute atomic E-state index is 0.0514. The molecule has 30 heavy (non-hydrogen) atoms. The number of carbonyl (C=O) groups is 2. The second-order valence-electron chi connectivity index (χ2n) is 7.14. The van der Waals surface area contributed by atoms with Crippen LogP contribution in [0.25, 0.3) is 11.1 Å². The highest BCUT2D eigenvalue weighted by Crippen LogP contribution is 2.44. The van der Waals surface area contributed by atoms with Gasteiger partial charge in [0, 0.05) is 10.4 Å². The van der Waals surface area contributed by atoms with Crippen molar-refractivity contribution >= 4 is 28.0 Å². The first-order valence-corrected chi connectivity index (χ1v) is 10.4. The topological polar surface area (TPSA) is 75.6 Å². The first-order chi connectivity index (χ1) is 14.5. The van der Waals surface area contributed by atoms with Gasteiger partial charge in [-0.05, 0) is 33.9 Å². The van der Waals surface area contributed by atoms with Crippen molar-refractivity contribution < 1.29 is 19.4 Å². The number of amides is 1. The number of carbonyl (C=O) groups excluding carboxylic acids is 1. The number of ether oxygens (including phenoxy) is 1. The van der Waals surface area contributed by atoms with E-state index in [9.17, 15) is 14.7 Å². The molecule has 0 bridgehead atoms. The molecule has 152 valence electrons. The van der Waals surface area contributed by atoms with Gasteiger partial charge < -0.3 is 15.2 Å². The standard InChI is InChI=1S/C24H20BrNO4/c25-21-12-6-5-11-19(21)22(13-23(27)28)26-24(29)30-14-20-17-9-3-1-7-15(17)16-8-2-4-10-18(16)20/h1-12,20,22H,13-14H2,(H,26,29)(H,27,28)/t22-/m0/s1. The molecule has 0 aliphatic heterocycles. The Bertz CT molecular complexity index is 1050. The Morgan fingerprint density at radius 3 is 2.10 bits per heavy atom. The minimum Gasteiger partial charge on any atom is -0.481 e. The quantitative estimate of drug-likeness (QED) is 0.503. The molecule has 0 heterocycles. The van der Waals surface area contributed by atoms with Gasteiger partial charge in [-0.1, -0.05) is 82.7 Å². The summed E-state index contributed by atoms with van der Waals surface area (Å²) in [6, 6.07) is 22.7. The molecule has 0 aromatic heterocycles. The predicted molar refractivity (Wildman–Crippen MR) is 117 cm³/mol. The van der Waals surface area contributed by atoms with Gasteiger partial charge in [0.05, 0.1) is 12.5 Å². The summed E-state index contributed by atoms with van der Waals surface area (Å²) >= 11 is 3.42. The number of nitrogens with one attached hydrogen (secondary N) is 1. The maximum absolute atomic E-state index is 12.6. The Kier molecular flexibility index (Phi) is 5.86. The highest BCUT2D eigenvalue weighted by atomic mass is 79.9. The maximum atomic E-state index is 12.6. The highest BCUT2D eigenvalue weighted by molar-refractivity contribution is 9.10. The Morgan fingerprint density at radius 1 is 0.933 bits per heavy atom. The summed E-state index contributed by atoms with van der Waals surface area (Å²) < 4.78 is 6.29. The summed E-state index contributed by atoms with van der Waals surface area (Å²) in [5.41, 5.74) is 5.24. The van der Waals surface area contributed by atoms with Gasteiger partial charge in [0.2, 0.25) is 0 Å². The molecule has 3 aromatic rings. The Labute approximate surface area is 182 Å². The zero-order valence-electron chi connectivity index (χ0n) is 16.0. The first kappa shape index (κ1) is 20.2. The minimum atomic E-state index is -1.00. The monoisotopic (exact) mass is 465 g/mol. The largest absolute Gasteiger partial charge is 0.481 e. The van der Waals surface area contributed by atoms with Crippen LogP contribution in [0, 0.1) is 0 Å². The lowest BCUT2D eigenvalue weighted by atomic mass is 9.98. The van der Waals surface area contributed by atoms with Crippen LogP contribution >= 0.6 is 15.9 Å². The molecule has 0 radical (unpaired) electrons. The molecule has 0 saturated heterocycles. The highest BCUT2D eigenvalue weighted by Gasteiger charge is 2.29. The van der Waals surface area contributed by atoms with Crippen LogP contribution in [0.4, 0.5) is 4.79 Å². The Morgan fingerprint density at radius 2 is 1.50 bits per heavy atom. The summed E-state index contributed by atoms with van der Waals surface area (Å²) in [5, 5.41) is 12.0. The number of rotatable bonds is 6. The fraction of sp³-hybridized carbons (Fsp3) is 0.167. The van der Waals surface area contributed by atoms with Crippen LogP contribution in [0.1, 0.15) is 35.1 Å². The number of alkyl carbamates (subject to hydrolysis) is 1.